The molecule has 3 nitrogen and oxygen atoms in total. The third-order valence-electron chi connectivity index (χ3n) is 4.47. The molecule has 0 saturated heterocycles. The van der Waals surface area contributed by atoms with Crippen LogP contribution in [0.4, 0.5) is 0 Å². The highest BCUT2D eigenvalue weighted by Gasteiger charge is 2.52. The van der Waals surface area contributed by atoms with Gasteiger partial charge in [0.1, 0.15) is 0 Å². The van der Waals surface area contributed by atoms with Crippen molar-refractivity contribution in [2.45, 2.75) is 38.5 Å². The first-order valence-corrected chi connectivity index (χ1v) is 5.90. The van der Waals surface area contributed by atoms with E-state index in [4.69, 9.17) is 5.73 Å². The zero-order valence-electron chi connectivity index (χ0n) is 9.58. The van der Waals surface area contributed by atoms with E-state index in [-0.39, 0.29) is 0 Å². The summed E-state index contributed by atoms with van der Waals surface area (Å²) in [5.41, 5.74) is 10.6. The topological polar surface area (TPSA) is 43.8 Å². The van der Waals surface area contributed by atoms with Crippen LogP contribution in [0.15, 0.2) is 0 Å². The van der Waals surface area contributed by atoms with E-state index in [1.165, 1.54) is 42.6 Å². The SMILES string of the molecule is Cc1nn(C)c2c1C(CN)C1(CC2)CC1. The molecule has 3 heteroatoms. The Morgan fingerprint density at radius 2 is 2.20 bits per heavy atom. The van der Waals surface area contributed by atoms with Crippen molar-refractivity contribution in [3.8, 4) is 0 Å². The van der Waals surface area contributed by atoms with Crippen LogP contribution in [0.25, 0.3) is 0 Å². The van der Waals surface area contributed by atoms with Crippen molar-refractivity contribution in [2.75, 3.05) is 6.54 Å². The monoisotopic (exact) mass is 205 g/mol. The standard InChI is InChI=1S/C12H19N3/c1-8-11-9(7-13)12(5-6-12)4-3-10(11)15(2)14-8/h9H,3-7,13H2,1-2H3. The van der Waals surface area contributed by atoms with Gasteiger partial charge in [0.15, 0.2) is 0 Å². The van der Waals surface area contributed by atoms with Gasteiger partial charge in [-0.3, -0.25) is 4.68 Å². The van der Waals surface area contributed by atoms with E-state index in [1.54, 1.807) is 0 Å². The molecule has 1 atom stereocenters. The Labute approximate surface area is 90.7 Å². The Morgan fingerprint density at radius 1 is 1.47 bits per heavy atom. The first-order valence-electron chi connectivity index (χ1n) is 5.90. The maximum atomic E-state index is 5.97. The van der Waals surface area contributed by atoms with E-state index in [1.807, 2.05) is 0 Å². The van der Waals surface area contributed by atoms with Gasteiger partial charge in [-0.15, -0.1) is 0 Å². The van der Waals surface area contributed by atoms with Gasteiger partial charge in [0.05, 0.1) is 5.69 Å². The molecule has 1 spiro atoms. The zero-order chi connectivity index (χ0) is 10.6. The lowest BCUT2D eigenvalue weighted by Gasteiger charge is -2.31. The van der Waals surface area contributed by atoms with E-state index in [9.17, 15) is 0 Å². The van der Waals surface area contributed by atoms with Crippen LogP contribution in [0.1, 0.15) is 42.1 Å². The summed E-state index contributed by atoms with van der Waals surface area (Å²) in [5.74, 6) is 0.579. The van der Waals surface area contributed by atoms with Crippen LogP contribution in [0.3, 0.4) is 0 Å². The van der Waals surface area contributed by atoms with Crippen LogP contribution >= 0.6 is 0 Å². The minimum atomic E-state index is 0.565. The summed E-state index contributed by atoms with van der Waals surface area (Å²) in [6.07, 6.45) is 5.27. The van der Waals surface area contributed by atoms with Crippen LogP contribution in [0.2, 0.25) is 0 Å². The van der Waals surface area contributed by atoms with Crippen molar-refractivity contribution in [3.05, 3.63) is 17.0 Å². The average Bonchev–Trinajstić information content (AvgIpc) is 2.91. The van der Waals surface area contributed by atoms with Gasteiger partial charge >= 0.3 is 0 Å². The van der Waals surface area contributed by atoms with Crippen LogP contribution in [-0.2, 0) is 13.5 Å². The number of nitrogens with zero attached hydrogens (tertiary/aromatic N) is 2. The van der Waals surface area contributed by atoms with Gasteiger partial charge in [-0.05, 0) is 44.6 Å². The van der Waals surface area contributed by atoms with Gasteiger partial charge in [0, 0.05) is 24.2 Å². The molecule has 0 aromatic carbocycles. The quantitative estimate of drug-likeness (QED) is 0.755. The molecular formula is C12H19N3. The van der Waals surface area contributed by atoms with Gasteiger partial charge < -0.3 is 5.73 Å². The molecular weight excluding hydrogens is 186 g/mol. The zero-order valence-corrected chi connectivity index (χ0v) is 9.58. The second-order valence-electron chi connectivity index (χ2n) is 5.22. The predicted molar refractivity (Wildman–Crippen MR) is 59.7 cm³/mol. The number of rotatable bonds is 1. The molecule has 1 unspecified atom stereocenters. The summed E-state index contributed by atoms with van der Waals surface area (Å²) in [6, 6.07) is 0. The number of fused-ring (bicyclic) bond motifs is 1. The molecule has 1 saturated carbocycles. The van der Waals surface area contributed by atoms with Crippen LogP contribution in [0.5, 0.6) is 0 Å². The molecule has 0 bridgehead atoms. The van der Waals surface area contributed by atoms with E-state index < -0.39 is 0 Å². The van der Waals surface area contributed by atoms with Crippen molar-refractivity contribution in [1.82, 2.24) is 9.78 Å². The molecule has 1 heterocycles. The molecule has 0 aliphatic heterocycles. The summed E-state index contributed by atoms with van der Waals surface area (Å²) in [6.45, 7) is 2.92. The molecule has 0 amide bonds. The predicted octanol–water partition coefficient (Wildman–Crippen LogP) is 1.50. The molecule has 2 aliphatic carbocycles. The minimum absolute atomic E-state index is 0.565. The number of hydrogen-bond acceptors (Lipinski definition) is 2. The average molecular weight is 205 g/mol. The van der Waals surface area contributed by atoms with Gasteiger partial charge in [-0.25, -0.2) is 0 Å². The number of nitrogens with two attached hydrogens (primary N) is 1. The molecule has 3 rings (SSSR count). The Kier molecular flexibility index (Phi) is 1.78. The van der Waals surface area contributed by atoms with Crippen molar-refractivity contribution in [2.24, 2.45) is 18.2 Å². The highest BCUT2D eigenvalue weighted by molar-refractivity contribution is 5.36. The fraction of sp³-hybridized carbons (Fsp3) is 0.750. The van der Waals surface area contributed by atoms with E-state index in [0.717, 1.165) is 6.54 Å². The van der Waals surface area contributed by atoms with Crippen molar-refractivity contribution < 1.29 is 0 Å². The number of aromatic nitrogens is 2. The van der Waals surface area contributed by atoms with Gasteiger partial charge in [-0.2, -0.15) is 5.10 Å². The van der Waals surface area contributed by atoms with E-state index in [0.29, 0.717) is 11.3 Å². The lowest BCUT2D eigenvalue weighted by molar-refractivity contribution is 0.346. The third kappa shape index (κ3) is 1.13. The van der Waals surface area contributed by atoms with Crippen molar-refractivity contribution >= 4 is 0 Å². The normalized spacial score (nSPS) is 26.7. The van der Waals surface area contributed by atoms with E-state index in [2.05, 4.69) is 23.8 Å². The Hall–Kier alpha value is -0.830. The molecule has 2 aliphatic rings. The molecule has 15 heavy (non-hydrogen) atoms. The molecule has 1 fully saturated rings. The van der Waals surface area contributed by atoms with Gasteiger partial charge in [0.2, 0.25) is 0 Å². The highest BCUT2D eigenvalue weighted by Crippen LogP contribution is 2.61. The van der Waals surface area contributed by atoms with Crippen molar-refractivity contribution in [1.29, 1.82) is 0 Å². The second kappa shape index (κ2) is 2.85. The molecule has 0 radical (unpaired) electrons. The Bertz CT molecular complexity index is 401. The maximum absolute atomic E-state index is 5.97. The summed E-state index contributed by atoms with van der Waals surface area (Å²) in [5, 5.41) is 4.55. The van der Waals surface area contributed by atoms with Crippen LogP contribution < -0.4 is 5.73 Å². The fourth-order valence-electron chi connectivity index (χ4n) is 3.45. The first kappa shape index (κ1) is 9.40. The minimum Gasteiger partial charge on any atom is -0.330 e. The van der Waals surface area contributed by atoms with E-state index >= 15 is 0 Å². The lowest BCUT2D eigenvalue weighted by Crippen LogP contribution is -2.28. The Balaban J connectivity index is 2.12. The summed E-state index contributed by atoms with van der Waals surface area (Å²) in [7, 11) is 2.06. The first-order chi connectivity index (χ1) is 7.18. The summed E-state index contributed by atoms with van der Waals surface area (Å²) in [4.78, 5) is 0. The molecule has 82 valence electrons. The van der Waals surface area contributed by atoms with Crippen LogP contribution in [0, 0.1) is 12.3 Å². The second-order valence-corrected chi connectivity index (χ2v) is 5.22. The number of aryl methyl sites for hydroxylation is 2. The summed E-state index contributed by atoms with van der Waals surface area (Å²) >= 11 is 0. The highest BCUT2D eigenvalue weighted by atomic mass is 15.3. The Morgan fingerprint density at radius 3 is 2.80 bits per heavy atom. The lowest BCUT2D eigenvalue weighted by atomic mass is 9.74. The third-order valence-corrected chi connectivity index (χ3v) is 4.47. The fourth-order valence-corrected chi connectivity index (χ4v) is 3.45. The van der Waals surface area contributed by atoms with Crippen molar-refractivity contribution in [3.63, 3.8) is 0 Å². The largest absolute Gasteiger partial charge is 0.330 e. The van der Waals surface area contributed by atoms with Crippen LogP contribution in [-0.4, -0.2) is 16.3 Å². The van der Waals surface area contributed by atoms with Gasteiger partial charge in [0.25, 0.3) is 0 Å². The maximum Gasteiger partial charge on any atom is 0.0631 e. The summed E-state index contributed by atoms with van der Waals surface area (Å²) < 4.78 is 2.06. The van der Waals surface area contributed by atoms with Gasteiger partial charge in [-0.1, -0.05) is 0 Å². The molecule has 1 aromatic heterocycles. The molecule has 2 N–H and O–H groups in total. The number of hydrogen-bond donors (Lipinski definition) is 1. The smallest absolute Gasteiger partial charge is 0.0631 e. The molecule has 1 aromatic rings.